The average molecular weight is 348 g/mol. The third kappa shape index (κ3) is 3.94. The Morgan fingerprint density at radius 3 is 2.78 bits per heavy atom. The minimum Gasteiger partial charge on any atom is -0.477 e. The minimum absolute atomic E-state index is 0.268. The molecule has 0 spiro atoms. The van der Waals surface area contributed by atoms with Crippen LogP contribution in [0.2, 0.25) is 5.02 Å². The van der Waals surface area contributed by atoms with Crippen LogP contribution in [0.15, 0.2) is 35.2 Å². The first-order chi connectivity index (χ1) is 10.9. The molecule has 0 saturated heterocycles. The summed E-state index contributed by atoms with van der Waals surface area (Å²) < 4.78 is 0. The molecule has 1 aromatic carbocycles. The van der Waals surface area contributed by atoms with E-state index in [2.05, 4.69) is 4.98 Å². The van der Waals surface area contributed by atoms with Gasteiger partial charge in [0.05, 0.1) is 11.4 Å². The van der Waals surface area contributed by atoms with Crippen molar-refractivity contribution in [1.29, 1.82) is 5.26 Å². The number of aliphatic carboxylic acids is 1. The summed E-state index contributed by atoms with van der Waals surface area (Å²) in [4.78, 5) is 28.3. The number of hydrogen-bond donors (Lipinski definition) is 1. The molecule has 2 rings (SSSR count). The Kier molecular flexibility index (Phi) is 5.11. The Bertz CT molecular complexity index is 838. The van der Waals surface area contributed by atoms with Gasteiger partial charge in [0.2, 0.25) is 5.91 Å². The third-order valence-electron chi connectivity index (χ3n) is 2.73. The average Bonchev–Trinajstić information content (AvgIpc) is 2.92. The van der Waals surface area contributed by atoms with E-state index in [-0.39, 0.29) is 11.6 Å². The molecule has 0 aliphatic carbocycles. The van der Waals surface area contributed by atoms with E-state index < -0.39 is 11.5 Å². The molecule has 1 aromatic heterocycles. The molecule has 2 aromatic rings. The van der Waals surface area contributed by atoms with Crippen molar-refractivity contribution in [2.75, 3.05) is 4.90 Å². The Balaban J connectivity index is 2.42. The molecule has 0 unspecified atom stereocenters. The van der Waals surface area contributed by atoms with Gasteiger partial charge in [-0.1, -0.05) is 17.7 Å². The first-order valence-corrected chi connectivity index (χ1v) is 7.55. The Morgan fingerprint density at radius 2 is 2.22 bits per heavy atom. The number of thiazole rings is 1. The standard InChI is InChI=1S/C15H10ClN3O3S/c1-9(20)19(13-4-2-3-11(16)6-13)15-18-12(8-23-15)5-10(7-17)14(21)22/h2-6,8H,1H3,(H,21,22). The summed E-state index contributed by atoms with van der Waals surface area (Å²) in [6.07, 6.45) is 1.15. The van der Waals surface area contributed by atoms with E-state index in [0.29, 0.717) is 15.8 Å². The van der Waals surface area contributed by atoms with E-state index in [1.807, 2.05) is 0 Å². The van der Waals surface area contributed by atoms with Crippen molar-refractivity contribution < 1.29 is 14.7 Å². The maximum absolute atomic E-state index is 11.9. The summed E-state index contributed by atoms with van der Waals surface area (Å²) in [5.41, 5.74) is 0.407. The van der Waals surface area contributed by atoms with E-state index in [0.717, 1.165) is 17.4 Å². The number of rotatable bonds is 4. The fourth-order valence-corrected chi connectivity index (χ4v) is 2.81. The Labute approximate surface area is 140 Å². The van der Waals surface area contributed by atoms with Gasteiger partial charge in [0, 0.05) is 17.3 Å². The van der Waals surface area contributed by atoms with Crippen LogP contribution >= 0.6 is 22.9 Å². The highest BCUT2D eigenvalue weighted by Gasteiger charge is 2.18. The predicted molar refractivity (Wildman–Crippen MR) is 87.6 cm³/mol. The first-order valence-electron chi connectivity index (χ1n) is 6.29. The molecule has 1 amide bonds. The largest absolute Gasteiger partial charge is 0.477 e. The molecule has 0 fully saturated rings. The van der Waals surface area contributed by atoms with Crippen molar-refractivity contribution in [2.45, 2.75) is 6.92 Å². The molecule has 23 heavy (non-hydrogen) atoms. The van der Waals surface area contributed by atoms with Gasteiger partial charge in [-0.15, -0.1) is 11.3 Å². The van der Waals surface area contributed by atoms with E-state index in [9.17, 15) is 9.59 Å². The van der Waals surface area contributed by atoms with E-state index in [1.165, 1.54) is 11.8 Å². The van der Waals surface area contributed by atoms with Crippen molar-refractivity contribution >= 4 is 51.7 Å². The number of carbonyl (C=O) groups excluding carboxylic acids is 1. The van der Waals surface area contributed by atoms with E-state index in [4.69, 9.17) is 22.0 Å². The van der Waals surface area contributed by atoms with Gasteiger partial charge in [0.15, 0.2) is 5.13 Å². The zero-order valence-corrected chi connectivity index (χ0v) is 13.4. The monoisotopic (exact) mass is 347 g/mol. The second-order valence-corrected chi connectivity index (χ2v) is 5.64. The van der Waals surface area contributed by atoms with Crippen LogP contribution in [0.25, 0.3) is 6.08 Å². The van der Waals surface area contributed by atoms with Gasteiger partial charge in [-0.3, -0.25) is 9.69 Å². The number of anilines is 2. The van der Waals surface area contributed by atoms with Crippen LogP contribution < -0.4 is 4.90 Å². The number of hydrogen-bond acceptors (Lipinski definition) is 5. The highest BCUT2D eigenvalue weighted by molar-refractivity contribution is 7.14. The molecule has 1 heterocycles. The van der Waals surface area contributed by atoms with Crippen LogP contribution in [0.5, 0.6) is 0 Å². The molecule has 8 heteroatoms. The van der Waals surface area contributed by atoms with Gasteiger partial charge in [-0.05, 0) is 24.3 Å². The maximum atomic E-state index is 11.9. The number of benzene rings is 1. The molecule has 0 radical (unpaired) electrons. The molecule has 0 aliphatic rings. The molecular formula is C15H10ClN3O3S. The smallest absolute Gasteiger partial charge is 0.346 e. The molecule has 0 atom stereocenters. The first kappa shape index (κ1) is 16.7. The van der Waals surface area contributed by atoms with Crippen molar-refractivity contribution in [3.63, 3.8) is 0 Å². The summed E-state index contributed by atoms with van der Waals surface area (Å²) >= 11 is 7.10. The molecule has 116 valence electrons. The zero-order chi connectivity index (χ0) is 17.0. The van der Waals surface area contributed by atoms with E-state index in [1.54, 1.807) is 35.7 Å². The number of carbonyl (C=O) groups is 2. The number of halogens is 1. The normalized spacial score (nSPS) is 10.9. The molecule has 0 bridgehead atoms. The number of nitriles is 1. The molecule has 1 N–H and O–H groups in total. The van der Waals surface area contributed by atoms with Gasteiger partial charge in [0.1, 0.15) is 11.6 Å². The SMILES string of the molecule is CC(=O)N(c1cccc(Cl)c1)c1nc(C=C(C#N)C(=O)O)cs1. The molecular weight excluding hydrogens is 338 g/mol. The van der Waals surface area contributed by atoms with Crippen LogP contribution in [0.1, 0.15) is 12.6 Å². The van der Waals surface area contributed by atoms with Crippen LogP contribution in [0, 0.1) is 11.3 Å². The van der Waals surface area contributed by atoms with Crippen molar-refractivity contribution in [2.24, 2.45) is 0 Å². The second kappa shape index (κ2) is 7.05. The summed E-state index contributed by atoms with van der Waals surface area (Å²) in [6, 6.07) is 8.31. The number of amides is 1. The lowest BCUT2D eigenvalue weighted by molar-refractivity contribution is -0.132. The van der Waals surface area contributed by atoms with Gasteiger partial charge >= 0.3 is 5.97 Å². The summed E-state index contributed by atoms with van der Waals surface area (Å²) in [7, 11) is 0. The molecule has 0 saturated carbocycles. The van der Waals surface area contributed by atoms with Gasteiger partial charge in [0.25, 0.3) is 0 Å². The van der Waals surface area contributed by atoms with Gasteiger partial charge in [-0.25, -0.2) is 9.78 Å². The quantitative estimate of drug-likeness (QED) is 0.675. The summed E-state index contributed by atoms with van der Waals surface area (Å²) in [6.45, 7) is 1.38. The summed E-state index contributed by atoms with van der Waals surface area (Å²) in [5, 5.41) is 20.0. The van der Waals surface area contributed by atoms with Gasteiger partial charge in [-0.2, -0.15) is 5.26 Å². The Morgan fingerprint density at radius 1 is 1.48 bits per heavy atom. The topological polar surface area (TPSA) is 94.3 Å². The lowest BCUT2D eigenvalue weighted by Crippen LogP contribution is -2.22. The Hall–Kier alpha value is -2.69. The van der Waals surface area contributed by atoms with Crippen molar-refractivity contribution in [3.05, 3.63) is 45.9 Å². The predicted octanol–water partition coefficient (Wildman–Crippen LogP) is 3.47. The highest BCUT2D eigenvalue weighted by atomic mass is 35.5. The molecule has 6 nitrogen and oxygen atoms in total. The minimum atomic E-state index is -1.33. The highest BCUT2D eigenvalue weighted by Crippen LogP contribution is 2.30. The zero-order valence-electron chi connectivity index (χ0n) is 11.9. The van der Waals surface area contributed by atoms with Crippen molar-refractivity contribution in [1.82, 2.24) is 4.98 Å². The van der Waals surface area contributed by atoms with Gasteiger partial charge < -0.3 is 5.11 Å². The lowest BCUT2D eigenvalue weighted by Gasteiger charge is -2.18. The number of nitrogens with zero attached hydrogens (tertiary/aromatic N) is 3. The third-order valence-corrected chi connectivity index (χ3v) is 3.80. The van der Waals surface area contributed by atoms with Crippen LogP contribution in [-0.2, 0) is 9.59 Å². The fraction of sp³-hybridized carbons (Fsp3) is 0.0667. The van der Waals surface area contributed by atoms with Crippen molar-refractivity contribution in [3.8, 4) is 6.07 Å². The lowest BCUT2D eigenvalue weighted by atomic mass is 10.2. The fourth-order valence-electron chi connectivity index (χ4n) is 1.78. The van der Waals surface area contributed by atoms with Crippen LogP contribution in [-0.4, -0.2) is 22.0 Å². The maximum Gasteiger partial charge on any atom is 0.346 e. The number of carboxylic acids is 1. The second-order valence-electron chi connectivity index (χ2n) is 4.36. The summed E-state index contributed by atoms with van der Waals surface area (Å²) in [5.74, 6) is -1.60. The van der Waals surface area contributed by atoms with E-state index >= 15 is 0 Å². The van der Waals surface area contributed by atoms with Crippen LogP contribution in [0.3, 0.4) is 0 Å². The number of carboxylic acid groups (broad SMARTS) is 1. The molecule has 0 aliphatic heterocycles. The van der Waals surface area contributed by atoms with Crippen LogP contribution in [0.4, 0.5) is 10.8 Å². The number of aromatic nitrogens is 1.